The topological polar surface area (TPSA) is 0 Å². The molecule has 0 aromatic carbocycles. The predicted octanol–water partition coefficient (Wildman–Crippen LogP) is 4.99. The Balaban J connectivity index is 3.03. The van der Waals surface area contributed by atoms with Crippen LogP contribution in [-0.4, -0.2) is 0 Å². The minimum atomic E-state index is 0.942. The minimum absolute atomic E-state index is 0.942. The molecule has 1 radical (unpaired) electrons. The summed E-state index contributed by atoms with van der Waals surface area (Å²) in [6.45, 7) is 6.83. The van der Waals surface area contributed by atoms with Gasteiger partial charge in [-0.3, -0.25) is 0 Å². The van der Waals surface area contributed by atoms with E-state index in [2.05, 4.69) is 27.2 Å². The molecule has 0 bridgehead atoms. The normalized spacial score (nSPS) is 13.2. The second-order valence-corrected chi connectivity index (χ2v) is 4.29. The van der Waals surface area contributed by atoms with Gasteiger partial charge in [-0.05, 0) is 12.3 Å². The average molecular weight is 183 g/mol. The monoisotopic (exact) mass is 183 g/mol. The van der Waals surface area contributed by atoms with Crippen molar-refractivity contribution >= 4 is 0 Å². The summed E-state index contributed by atoms with van der Waals surface area (Å²) in [5.41, 5.74) is 0. The third-order valence-corrected chi connectivity index (χ3v) is 2.75. The lowest BCUT2D eigenvalue weighted by atomic mass is 9.97. The fourth-order valence-electron chi connectivity index (χ4n) is 1.69. The van der Waals surface area contributed by atoms with Gasteiger partial charge in [-0.15, -0.1) is 0 Å². The van der Waals surface area contributed by atoms with Crippen molar-refractivity contribution in [3.63, 3.8) is 0 Å². The first-order valence-corrected chi connectivity index (χ1v) is 6.09. The van der Waals surface area contributed by atoms with E-state index in [-0.39, 0.29) is 0 Å². The molecule has 79 valence electrons. The van der Waals surface area contributed by atoms with E-state index < -0.39 is 0 Å². The molecule has 0 saturated heterocycles. The molecule has 0 aromatic heterocycles. The predicted molar refractivity (Wildman–Crippen MR) is 61.7 cm³/mol. The lowest BCUT2D eigenvalue weighted by molar-refractivity contribution is 0.456. The molecule has 0 aromatic rings. The van der Waals surface area contributed by atoms with Gasteiger partial charge in [0, 0.05) is 0 Å². The van der Waals surface area contributed by atoms with Gasteiger partial charge in [0.25, 0.3) is 0 Å². The fourth-order valence-corrected chi connectivity index (χ4v) is 1.69. The Bertz CT molecular complexity index is 86.0. The molecule has 0 heterocycles. The summed E-state index contributed by atoms with van der Waals surface area (Å²) in [5, 5.41) is 0. The molecule has 0 fully saturated rings. The maximum atomic E-state index is 2.39. The molecule has 0 N–H and O–H groups in total. The lowest BCUT2D eigenvalue weighted by Gasteiger charge is -2.09. The minimum Gasteiger partial charge on any atom is -0.0654 e. The maximum absolute atomic E-state index is 2.39. The number of rotatable bonds is 9. The molecule has 0 amide bonds. The number of unbranched alkanes of at least 4 members (excludes halogenated alkanes) is 5. The van der Waals surface area contributed by atoms with Crippen molar-refractivity contribution in [2.75, 3.05) is 0 Å². The van der Waals surface area contributed by atoms with Gasteiger partial charge in [0.2, 0.25) is 0 Å². The highest BCUT2D eigenvalue weighted by Gasteiger charge is 2.00. The molecule has 0 nitrogen and oxygen atoms in total. The van der Waals surface area contributed by atoms with Crippen molar-refractivity contribution < 1.29 is 0 Å². The van der Waals surface area contributed by atoms with Crippen LogP contribution in [0.2, 0.25) is 0 Å². The van der Waals surface area contributed by atoms with Gasteiger partial charge < -0.3 is 0 Å². The average Bonchev–Trinajstić information content (AvgIpc) is 2.14. The summed E-state index contributed by atoms with van der Waals surface area (Å²) < 4.78 is 0. The Labute approximate surface area is 85.1 Å². The Morgan fingerprint density at radius 3 is 2.31 bits per heavy atom. The van der Waals surface area contributed by atoms with Gasteiger partial charge in [-0.1, -0.05) is 72.1 Å². The van der Waals surface area contributed by atoms with Crippen LogP contribution < -0.4 is 0 Å². The van der Waals surface area contributed by atoms with Crippen molar-refractivity contribution in [3.05, 3.63) is 6.42 Å². The zero-order chi connectivity index (χ0) is 9.94. The van der Waals surface area contributed by atoms with E-state index in [0.29, 0.717) is 0 Å². The van der Waals surface area contributed by atoms with Crippen molar-refractivity contribution in [2.45, 2.75) is 72.1 Å². The van der Waals surface area contributed by atoms with E-state index in [1.54, 1.807) is 0 Å². The van der Waals surface area contributed by atoms with E-state index in [0.717, 1.165) is 5.92 Å². The van der Waals surface area contributed by atoms with Gasteiger partial charge in [-0.2, -0.15) is 0 Å². The molecule has 0 spiro atoms. The van der Waals surface area contributed by atoms with Crippen LogP contribution in [0.4, 0.5) is 0 Å². The summed E-state index contributed by atoms with van der Waals surface area (Å²) in [6.07, 6.45) is 13.6. The molecular weight excluding hydrogens is 156 g/mol. The summed E-state index contributed by atoms with van der Waals surface area (Å²) >= 11 is 0. The van der Waals surface area contributed by atoms with Crippen molar-refractivity contribution in [3.8, 4) is 0 Å². The van der Waals surface area contributed by atoms with E-state index >= 15 is 0 Å². The lowest BCUT2D eigenvalue weighted by Crippen LogP contribution is -1.94. The molecule has 0 heteroatoms. The molecular formula is C13H27. The van der Waals surface area contributed by atoms with Gasteiger partial charge in [-0.25, -0.2) is 0 Å². The SMILES string of the molecule is C[CH]CCC(C)CCCCCCC. The highest BCUT2D eigenvalue weighted by molar-refractivity contribution is 4.60. The Morgan fingerprint density at radius 2 is 1.69 bits per heavy atom. The molecule has 13 heavy (non-hydrogen) atoms. The van der Waals surface area contributed by atoms with Gasteiger partial charge in [0.1, 0.15) is 0 Å². The van der Waals surface area contributed by atoms with Crippen LogP contribution in [0.5, 0.6) is 0 Å². The molecule has 1 unspecified atom stereocenters. The van der Waals surface area contributed by atoms with Crippen LogP contribution in [0.1, 0.15) is 72.1 Å². The summed E-state index contributed by atoms with van der Waals surface area (Å²) in [5.74, 6) is 0.942. The molecule has 1 atom stereocenters. The van der Waals surface area contributed by atoms with Crippen LogP contribution in [-0.2, 0) is 0 Å². The van der Waals surface area contributed by atoms with Crippen LogP contribution in [0, 0.1) is 12.3 Å². The first-order valence-electron chi connectivity index (χ1n) is 6.09. The smallest absolute Gasteiger partial charge is 0.0417 e. The summed E-state index contributed by atoms with van der Waals surface area (Å²) in [6, 6.07) is 0. The molecule has 0 saturated carbocycles. The van der Waals surface area contributed by atoms with Crippen LogP contribution >= 0.6 is 0 Å². The Kier molecular flexibility index (Phi) is 10.1. The fraction of sp³-hybridized carbons (Fsp3) is 0.923. The Hall–Kier alpha value is 0. The zero-order valence-electron chi connectivity index (χ0n) is 9.81. The zero-order valence-corrected chi connectivity index (χ0v) is 9.81. The molecule has 0 rings (SSSR count). The second-order valence-electron chi connectivity index (χ2n) is 4.29. The van der Waals surface area contributed by atoms with Crippen molar-refractivity contribution in [1.29, 1.82) is 0 Å². The van der Waals surface area contributed by atoms with E-state index in [4.69, 9.17) is 0 Å². The molecule has 0 aliphatic carbocycles. The first kappa shape index (κ1) is 13.0. The molecule has 0 aliphatic heterocycles. The van der Waals surface area contributed by atoms with Crippen molar-refractivity contribution in [1.82, 2.24) is 0 Å². The third-order valence-electron chi connectivity index (χ3n) is 2.75. The summed E-state index contributed by atoms with van der Waals surface area (Å²) in [7, 11) is 0. The second kappa shape index (κ2) is 10.1. The quantitative estimate of drug-likeness (QED) is 0.442. The van der Waals surface area contributed by atoms with Crippen molar-refractivity contribution in [2.24, 2.45) is 5.92 Å². The van der Waals surface area contributed by atoms with Crippen LogP contribution in [0.25, 0.3) is 0 Å². The van der Waals surface area contributed by atoms with Gasteiger partial charge in [0.15, 0.2) is 0 Å². The van der Waals surface area contributed by atoms with E-state index in [9.17, 15) is 0 Å². The largest absolute Gasteiger partial charge is 0.0654 e. The van der Waals surface area contributed by atoms with Gasteiger partial charge in [0.05, 0.1) is 0 Å². The third kappa shape index (κ3) is 9.92. The Morgan fingerprint density at radius 1 is 1.00 bits per heavy atom. The van der Waals surface area contributed by atoms with E-state index in [1.165, 1.54) is 51.4 Å². The molecule has 0 aliphatic rings. The summed E-state index contributed by atoms with van der Waals surface area (Å²) in [4.78, 5) is 0. The van der Waals surface area contributed by atoms with E-state index in [1.807, 2.05) is 0 Å². The first-order chi connectivity index (χ1) is 6.31. The highest BCUT2D eigenvalue weighted by Crippen LogP contribution is 2.16. The van der Waals surface area contributed by atoms with Crippen LogP contribution in [0.15, 0.2) is 0 Å². The maximum Gasteiger partial charge on any atom is -0.0417 e. The highest BCUT2D eigenvalue weighted by atomic mass is 14.1. The van der Waals surface area contributed by atoms with Crippen LogP contribution in [0.3, 0.4) is 0 Å². The van der Waals surface area contributed by atoms with Gasteiger partial charge >= 0.3 is 0 Å². The standard InChI is InChI=1S/C13H27/c1-4-6-8-9-10-12-13(3)11-7-5-2/h5,13H,4,6-12H2,1-3H3. The number of hydrogen-bond acceptors (Lipinski definition) is 0. The number of hydrogen-bond donors (Lipinski definition) is 0.